The van der Waals surface area contributed by atoms with Crippen molar-refractivity contribution in [2.45, 2.75) is 25.7 Å². The Morgan fingerprint density at radius 3 is 2.87 bits per heavy atom. The summed E-state index contributed by atoms with van der Waals surface area (Å²) in [5.41, 5.74) is 4.86. The standard InChI is InChI=1S/C11H20N2O2/c12-11(14)15-4-3-13-7-10-6-8-1-2-9(10)5-8/h8-10,13H,1-7H2,(H2,12,14). The molecular weight excluding hydrogens is 192 g/mol. The zero-order valence-corrected chi connectivity index (χ0v) is 9.08. The summed E-state index contributed by atoms with van der Waals surface area (Å²) >= 11 is 0. The van der Waals surface area contributed by atoms with Crippen molar-refractivity contribution in [1.82, 2.24) is 5.32 Å². The van der Waals surface area contributed by atoms with Gasteiger partial charge in [-0.25, -0.2) is 4.79 Å². The smallest absolute Gasteiger partial charge is 0.404 e. The molecule has 0 saturated heterocycles. The van der Waals surface area contributed by atoms with E-state index >= 15 is 0 Å². The second kappa shape index (κ2) is 4.84. The molecule has 0 aromatic carbocycles. The summed E-state index contributed by atoms with van der Waals surface area (Å²) in [6, 6.07) is 0. The lowest BCUT2D eigenvalue weighted by molar-refractivity contribution is 0.156. The Morgan fingerprint density at radius 2 is 2.27 bits per heavy atom. The minimum absolute atomic E-state index is 0.385. The third-order valence-electron chi connectivity index (χ3n) is 3.81. The maximum atomic E-state index is 10.3. The van der Waals surface area contributed by atoms with Gasteiger partial charge in [0.05, 0.1) is 0 Å². The highest BCUT2D eigenvalue weighted by atomic mass is 16.5. The minimum Gasteiger partial charge on any atom is -0.448 e. The molecule has 0 heterocycles. The molecule has 2 bridgehead atoms. The van der Waals surface area contributed by atoms with Gasteiger partial charge in [0.25, 0.3) is 0 Å². The Hall–Kier alpha value is -0.770. The molecule has 0 radical (unpaired) electrons. The Morgan fingerprint density at radius 1 is 1.40 bits per heavy atom. The molecule has 1 amide bonds. The Labute approximate surface area is 90.5 Å². The van der Waals surface area contributed by atoms with Gasteiger partial charge < -0.3 is 15.8 Å². The second-order valence-corrected chi connectivity index (χ2v) is 4.81. The number of ether oxygens (including phenoxy) is 1. The molecule has 0 aromatic rings. The molecule has 3 atom stereocenters. The van der Waals surface area contributed by atoms with Gasteiger partial charge in [0.1, 0.15) is 6.61 Å². The predicted molar refractivity (Wildman–Crippen MR) is 57.3 cm³/mol. The maximum Gasteiger partial charge on any atom is 0.404 e. The maximum absolute atomic E-state index is 10.3. The summed E-state index contributed by atoms with van der Waals surface area (Å²) in [5, 5.41) is 3.33. The number of hydrogen-bond donors (Lipinski definition) is 2. The summed E-state index contributed by atoms with van der Waals surface area (Å²) in [6.45, 7) is 2.18. The highest BCUT2D eigenvalue weighted by Gasteiger charge is 2.38. The average Bonchev–Trinajstić information content (AvgIpc) is 2.78. The van der Waals surface area contributed by atoms with Gasteiger partial charge >= 0.3 is 6.09 Å². The van der Waals surface area contributed by atoms with E-state index in [0.29, 0.717) is 6.61 Å². The highest BCUT2D eigenvalue weighted by Crippen LogP contribution is 2.47. The van der Waals surface area contributed by atoms with Crippen molar-refractivity contribution in [2.24, 2.45) is 23.5 Å². The third kappa shape index (κ3) is 2.84. The van der Waals surface area contributed by atoms with Crippen LogP contribution < -0.4 is 11.1 Å². The molecule has 86 valence electrons. The van der Waals surface area contributed by atoms with Crippen molar-refractivity contribution in [3.05, 3.63) is 0 Å². The van der Waals surface area contributed by atoms with Gasteiger partial charge in [-0.15, -0.1) is 0 Å². The Kier molecular flexibility index (Phi) is 3.46. The molecular formula is C11H20N2O2. The normalized spacial score (nSPS) is 33.2. The van der Waals surface area contributed by atoms with Gasteiger partial charge in [0, 0.05) is 6.54 Å². The molecule has 4 nitrogen and oxygen atoms in total. The quantitative estimate of drug-likeness (QED) is 0.671. The van der Waals surface area contributed by atoms with Crippen LogP contribution in [-0.2, 0) is 4.74 Å². The van der Waals surface area contributed by atoms with E-state index in [0.717, 1.165) is 30.8 Å². The molecule has 15 heavy (non-hydrogen) atoms. The topological polar surface area (TPSA) is 64.4 Å². The summed E-state index contributed by atoms with van der Waals surface area (Å²) in [5.74, 6) is 2.82. The van der Waals surface area contributed by atoms with Crippen LogP contribution in [0.5, 0.6) is 0 Å². The monoisotopic (exact) mass is 212 g/mol. The zero-order valence-electron chi connectivity index (χ0n) is 9.08. The van der Waals surface area contributed by atoms with Crippen molar-refractivity contribution in [2.75, 3.05) is 19.7 Å². The van der Waals surface area contributed by atoms with Crippen LogP contribution in [0.4, 0.5) is 4.79 Å². The molecule has 0 aliphatic heterocycles. The SMILES string of the molecule is NC(=O)OCCNCC1CC2CCC1C2. The van der Waals surface area contributed by atoms with Crippen LogP contribution in [-0.4, -0.2) is 25.8 Å². The largest absolute Gasteiger partial charge is 0.448 e. The van der Waals surface area contributed by atoms with Gasteiger partial charge in [0.15, 0.2) is 0 Å². The third-order valence-corrected chi connectivity index (χ3v) is 3.81. The van der Waals surface area contributed by atoms with Crippen molar-refractivity contribution >= 4 is 6.09 Å². The summed E-state index contributed by atoms with van der Waals surface area (Å²) in [6.07, 6.45) is 5.04. The van der Waals surface area contributed by atoms with Crippen LogP contribution in [0.2, 0.25) is 0 Å². The first kappa shape index (κ1) is 10.7. The number of hydrogen-bond acceptors (Lipinski definition) is 3. The second-order valence-electron chi connectivity index (χ2n) is 4.81. The van der Waals surface area contributed by atoms with E-state index in [9.17, 15) is 4.79 Å². The molecule has 3 N–H and O–H groups in total. The lowest BCUT2D eigenvalue weighted by Gasteiger charge is -2.21. The molecule has 2 fully saturated rings. The van der Waals surface area contributed by atoms with Gasteiger partial charge in [-0.3, -0.25) is 0 Å². The van der Waals surface area contributed by atoms with Gasteiger partial charge in [-0.05, 0) is 43.6 Å². The molecule has 2 saturated carbocycles. The number of amides is 1. The lowest BCUT2D eigenvalue weighted by Crippen LogP contribution is -2.30. The fourth-order valence-electron chi connectivity index (χ4n) is 3.14. The molecule has 2 aliphatic carbocycles. The summed E-state index contributed by atoms with van der Waals surface area (Å²) < 4.78 is 4.64. The Balaban J connectivity index is 1.53. The minimum atomic E-state index is -0.684. The van der Waals surface area contributed by atoms with E-state index in [-0.39, 0.29) is 0 Å². The first-order valence-electron chi connectivity index (χ1n) is 5.88. The fourth-order valence-corrected chi connectivity index (χ4v) is 3.14. The van der Waals surface area contributed by atoms with Crippen molar-refractivity contribution in [3.8, 4) is 0 Å². The molecule has 0 spiro atoms. The molecule has 3 unspecified atom stereocenters. The van der Waals surface area contributed by atoms with E-state index in [1.54, 1.807) is 0 Å². The zero-order chi connectivity index (χ0) is 10.7. The number of carbonyl (C=O) groups excluding carboxylic acids is 1. The van der Waals surface area contributed by atoms with E-state index < -0.39 is 6.09 Å². The van der Waals surface area contributed by atoms with Crippen LogP contribution in [0.25, 0.3) is 0 Å². The summed E-state index contributed by atoms with van der Waals surface area (Å²) in [4.78, 5) is 10.3. The molecule has 0 aromatic heterocycles. The van der Waals surface area contributed by atoms with E-state index in [1.807, 2.05) is 0 Å². The molecule has 2 rings (SSSR count). The number of nitrogens with two attached hydrogens (primary N) is 1. The number of fused-ring (bicyclic) bond motifs is 2. The lowest BCUT2D eigenvalue weighted by atomic mass is 9.89. The number of rotatable bonds is 5. The van der Waals surface area contributed by atoms with Crippen molar-refractivity contribution < 1.29 is 9.53 Å². The van der Waals surface area contributed by atoms with Crippen LogP contribution in [0.1, 0.15) is 25.7 Å². The van der Waals surface area contributed by atoms with Crippen LogP contribution in [0.3, 0.4) is 0 Å². The van der Waals surface area contributed by atoms with E-state index in [2.05, 4.69) is 10.1 Å². The highest BCUT2D eigenvalue weighted by molar-refractivity contribution is 5.64. The van der Waals surface area contributed by atoms with Crippen LogP contribution in [0, 0.1) is 17.8 Å². The van der Waals surface area contributed by atoms with Gasteiger partial charge in [-0.2, -0.15) is 0 Å². The summed E-state index contributed by atoms with van der Waals surface area (Å²) in [7, 11) is 0. The van der Waals surface area contributed by atoms with E-state index in [4.69, 9.17) is 5.73 Å². The fraction of sp³-hybridized carbons (Fsp3) is 0.909. The van der Waals surface area contributed by atoms with Crippen LogP contribution in [0.15, 0.2) is 0 Å². The Bertz CT molecular complexity index is 233. The number of nitrogens with one attached hydrogen (secondary N) is 1. The number of primary amides is 1. The number of carbonyl (C=O) groups is 1. The first-order chi connectivity index (χ1) is 7.25. The van der Waals surface area contributed by atoms with Crippen molar-refractivity contribution in [1.29, 1.82) is 0 Å². The first-order valence-corrected chi connectivity index (χ1v) is 5.88. The van der Waals surface area contributed by atoms with Gasteiger partial charge in [0.2, 0.25) is 0 Å². The van der Waals surface area contributed by atoms with Crippen LogP contribution >= 0.6 is 0 Å². The van der Waals surface area contributed by atoms with Gasteiger partial charge in [-0.1, -0.05) is 6.42 Å². The molecule has 2 aliphatic rings. The predicted octanol–water partition coefficient (Wildman–Crippen LogP) is 1.11. The average molecular weight is 212 g/mol. The van der Waals surface area contributed by atoms with Crippen molar-refractivity contribution in [3.63, 3.8) is 0 Å². The molecule has 4 heteroatoms. The van der Waals surface area contributed by atoms with E-state index in [1.165, 1.54) is 25.7 Å².